The molecule has 2 N–H and O–H groups in total. The number of ether oxygens (including phenoxy) is 2. The molecule has 0 aliphatic heterocycles. The Balaban J connectivity index is 2.82. The van der Waals surface area contributed by atoms with Crippen LogP contribution >= 0.6 is 0 Å². The second kappa shape index (κ2) is 6.70. The largest absolute Gasteiger partial charge is 0.507 e. The summed E-state index contributed by atoms with van der Waals surface area (Å²) in [6.07, 6.45) is 2.46. The van der Waals surface area contributed by atoms with Crippen LogP contribution in [0.1, 0.15) is 13.3 Å². The molecule has 0 amide bonds. The fourth-order valence-corrected chi connectivity index (χ4v) is 3.23. The number of allylic oxidation sites excluding steroid dienone is 1. The molecule has 22 heavy (non-hydrogen) atoms. The number of phenolic OH excluding ortho intramolecular Hbond substituents is 2. The predicted molar refractivity (Wildman–Crippen MR) is 86.2 cm³/mol. The average Bonchev–Trinajstić information content (AvgIpc) is 2.54. The molecule has 0 radical (unpaired) electrons. The summed E-state index contributed by atoms with van der Waals surface area (Å²) in [4.78, 5) is 0.126. The van der Waals surface area contributed by atoms with E-state index in [0.717, 1.165) is 6.42 Å². The van der Waals surface area contributed by atoms with E-state index in [1.54, 1.807) is 18.2 Å². The van der Waals surface area contributed by atoms with E-state index in [9.17, 15) is 14.4 Å². The molecule has 0 fully saturated rings. The van der Waals surface area contributed by atoms with Crippen molar-refractivity contribution in [3.63, 3.8) is 0 Å². The molecule has 0 saturated carbocycles. The molecule has 5 nitrogen and oxygen atoms in total. The van der Waals surface area contributed by atoms with Gasteiger partial charge in [0.05, 0.1) is 40.7 Å². The maximum Gasteiger partial charge on any atom is 0.144 e. The normalized spacial score (nSPS) is 12.7. The summed E-state index contributed by atoms with van der Waals surface area (Å²) in [5, 5.41) is 22.9. The number of hydrogen-bond acceptors (Lipinski definition) is 5. The van der Waals surface area contributed by atoms with Crippen molar-refractivity contribution < 1.29 is 23.9 Å². The average molecular weight is 322 g/mol. The molecule has 0 heterocycles. The topological polar surface area (TPSA) is 76.0 Å². The van der Waals surface area contributed by atoms with Crippen molar-refractivity contribution in [3.05, 3.63) is 29.7 Å². The van der Waals surface area contributed by atoms with Crippen LogP contribution in [0.5, 0.6) is 23.0 Å². The minimum absolute atomic E-state index is 0.126. The van der Waals surface area contributed by atoms with Gasteiger partial charge in [0.1, 0.15) is 23.0 Å². The summed E-state index contributed by atoms with van der Waals surface area (Å²) in [7, 11) is 1.36. The molecular weight excluding hydrogens is 304 g/mol. The number of aromatic hydroxyl groups is 2. The highest BCUT2D eigenvalue weighted by molar-refractivity contribution is 7.88. The highest BCUT2D eigenvalue weighted by atomic mass is 32.2. The molecule has 0 aliphatic carbocycles. The van der Waals surface area contributed by atoms with Gasteiger partial charge in [-0.05, 0) is 18.6 Å². The Kier molecular flexibility index (Phi) is 4.92. The predicted octanol–water partition coefficient (Wildman–Crippen LogP) is 3.30. The first-order valence-electron chi connectivity index (χ1n) is 6.72. The summed E-state index contributed by atoms with van der Waals surface area (Å²) in [6.45, 7) is 1.92. The SMILES string of the molecule is CCC=CS(=O)c1cc(O)c2c(OC)ccc(OC)c2c1O. The molecule has 6 heteroatoms. The third kappa shape index (κ3) is 2.74. The minimum Gasteiger partial charge on any atom is -0.507 e. The smallest absolute Gasteiger partial charge is 0.144 e. The van der Waals surface area contributed by atoms with E-state index in [4.69, 9.17) is 9.47 Å². The maximum absolute atomic E-state index is 12.3. The minimum atomic E-state index is -1.57. The monoisotopic (exact) mass is 322 g/mol. The molecule has 0 saturated heterocycles. The van der Waals surface area contributed by atoms with E-state index in [0.29, 0.717) is 16.9 Å². The number of benzene rings is 2. The van der Waals surface area contributed by atoms with Crippen LogP contribution in [0.2, 0.25) is 0 Å². The first kappa shape index (κ1) is 16.2. The van der Waals surface area contributed by atoms with E-state index < -0.39 is 10.8 Å². The van der Waals surface area contributed by atoms with E-state index in [2.05, 4.69) is 0 Å². The molecule has 118 valence electrons. The van der Waals surface area contributed by atoms with Gasteiger partial charge in [0, 0.05) is 11.5 Å². The zero-order valence-electron chi connectivity index (χ0n) is 12.6. The van der Waals surface area contributed by atoms with Crippen LogP contribution in [-0.2, 0) is 10.8 Å². The number of phenols is 2. The molecule has 2 aromatic carbocycles. The standard InChI is InChI=1S/C16H18O5S/c1-4-5-8-22(19)13-9-10(17)14-11(20-2)6-7-12(21-3)15(14)16(13)18/h5-9,17-18H,4H2,1-3H3. The van der Waals surface area contributed by atoms with Crippen LogP contribution < -0.4 is 9.47 Å². The van der Waals surface area contributed by atoms with Crippen molar-refractivity contribution in [2.24, 2.45) is 0 Å². The first-order chi connectivity index (χ1) is 10.5. The van der Waals surface area contributed by atoms with E-state index in [-0.39, 0.29) is 21.8 Å². The van der Waals surface area contributed by atoms with Gasteiger partial charge in [-0.25, -0.2) is 4.21 Å². The Morgan fingerprint density at radius 1 is 1.14 bits per heavy atom. The van der Waals surface area contributed by atoms with E-state index >= 15 is 0 Å². The molecule has 0 spiro atoms. The fourth-order valence-electron chi connectivity index (χ4n) is 2.19. The van der Waals surface area contributed by atoms with Gasteiger partial charge in [-0.2, -0.15) is 0 Å². The molecule has 0 aromatic heterocycles. The first-order valence-corrected chi connectivity index (χ1v) is 7.93. The zero-order chi connectivity index (χ0) is 16.3. The second-order valence-corrected chi connectivity index (χ2v) is 5.85. The van der Waals surface area contributed by atoms with Crippen LogP contribution in [0.4, 0.5) is 0 Å². The van der Waals surface area contributed by atoms with Gasteiger partial charge in [0.25, 0.3) is 0 Å². The highest BCUT2D eigenvalue weighted by Gasteiger charge is 2.20. The van der Waals surface area contributed by atoms with Crippen LogP contribution in [0, 0.1) is 0 Å². The molecule has 1 atom stereocenters. The number of methoxy groups -OCH3 is 2. The van der Waals surface area contributed by atoms with Crippen molar-refractivity contribution >= 4 is 21.6 Å². The van der Waals surface area contributed by atoms with Crippen LogP contribution in [0.3, 0.4) is 0 Å². The molecule has 1 unspecified atom stereocenters. The fraction of sp³-hybridized carbons (Fsp3) is 0.250. The van der Waals surface area contributed by atoms with Gasteiger partial charge < -0.3 is 19.7 Å². The van der Waals surface area contributed by atoms with Crippen molar-refractivity contribution in [1.29, 1.82) is 0 Å². The van der Waals surface area contributed by atoms with E-state index in [1.165, 1.54) is 25.7 Å². The highest BCUT2D eigenvalue weighted by Crippen LogP contribution is 2.46. The third-order valence-electron chi connectivity index (χ3n) is 3.24. The van der Waals surface area contributed by atoms with Crippen LogP contribution in [-0.4, -0.2) is 28.6 Å². The molecular formula is C16H18O5S. The zero-order valence-corrected chi connectivity index (χ0v) is 13.4. The van der Waals surface area contributed by atoms with Crippen molar-refractivity contribution in [3.8, 4) is 23.0 Å². The number of fused-ring (bicyclic) bond motifs is 1. The van der Waals surface area contributed by atoms with Crippen molar-refractivity contribution in [1.82, 2.24) is 0 Å². The molecule has 0 bridgehead atoms. The number of hydrogen-bond donors (Lipinski definition) is 2. The summed E-state index contributed by atoms with van der Waals surface area (Å²) in [6, 6.07) is 4.54. The van der Waals surface area contributed by atoms with Gasteiger partial charge in [-0.15, -0.1) is 0 Å². The summed E-state index contributed by atoms with van der Waals surface area (Å²) in [5.41, 5.74) is 0. The van der Waals surface area contributed by atoms with Crippen LogP contribution in [0.15, 0.2) is 34.6 Å². The summed E-state index contributed by atoms with van der Waals surface area (Å²) >= 11 is 0. The summed E-state index contributed by atoms with van der Waals surface area (Å²) in [5.74, 6) is 0.436. The third-order valence-corrected chi connectivity index (χ3v) is 4.42. The Morgan fingerprint density at radius 3 is 2.27 bits per heavy atom. The molecule has 2 aromatic rings. The lowest BCUT2D eigenvalue weighted by molar-refractivity contribution is 0.403. The lowest BCUT2D eigenvalue weighted by Crippen LogP contribution is -1.94. The Hall–Kier alpha value is -2.21. The van der Waals surface area contributed by atoms with Gasteiger partial charge in [-0.1, -0.05) is 13.0 Å². The lowest BCUT2D eigenvalue weighted by atomic mass is 10.1. The van der Waals surface area contributed by atoms with Crippen molar-refractivity contribution in [2.45, 2.75) is 18.2 Å². The van der Waals surface area contributed by atoms with Crippen molar-refractivity contribution in [2.75, 3.05) is 14.2 Å². The van der Waals surface area contributed by atoms with Gasteiger partial charge in [-0.3, -0.25) is 0 Å². The van der Waals surface area contributed by atoms with Gasteiger partial charge >= 0.3 is 0 Å². The summed E-state index contributed by atoms with van der Waals surface area (Å²) < 4.78 is 22.7. The number of rotatable bonds is 5. The second-order valence-electron chi connectivity index (χ2n) is 4.54. The van der Waals surface area contributed by atoms with E-state index in [1.807, 2.05) is 6.92 Å². The Labute approximate surface area is 131 Å². The molecule has 2 rings (SSSR count). The molecule has 0 aliphatic rings. The Morgan fingerprint density at radius 2 is 1.73 bits per heavy atom. The maximum atomic E-state index is 12.3. The van der Waals surface area contributed by atoms with Gasteiger partial charge in [0.2, 0.25) is 0 Å². The quantitative estimate of drug-likeness (QED) is 0.826. The lowest BCUT2D eigenvalue weighted by Gasteiger charge is -2.14. The van der Waals surface area contributed by atoms with Gasteiger partial charge in [0.15, 0.2) is 0 Å². The Bertz CT molecular complexity index is 752. The van der Waals surface area contributed by atoms with Crippen LogP contribution in [0.25, 0.3) is 10.8 Å².